The Morgan fingerprint density at radius 3 is 2.62 bits per heavy atom. The average molecular weight is 349 g/mol. The number of aromatic amines is 1. The van der Waals surface area contributed by atoms with E-state index in [1.165, 1.54) is 0 Å². The van der Waals surface area contributed by atoms with Crippen LogP contribution in [0.15, 0.2) is 48.5 Å². The van der Waals surface area contributed by atoms with Crippen molar-refractivity contribution in [3.05, 3.63) is 65.4 Å². The van der Waals surface area contributed by atoms with Crippen LogP contribution < -0.4 is 10.6 Å². The molecule has 0 bridgehead atoms. The van der Waals surface area contributed by atoms with Gasteiger partial charge in [0, 0.05) is 23.0 Å². The van der Waals surface area contributed by atoms with E-state index in [-0.39, 0.29) is 11.8 Å². The third-order valence-electron chi connectivity index (χ3n) is 4.27. The number of aryl methyl sites for hydroxylation is 1. The van der Waals surface area contributed by atoms with Gasteiger partial charge in [-0.05, 0) is 31.5 Å². The van der Waals surface area contributed by atoms with Crippen LogP contribution in [0.5, 0.6) is 0 Å². The van der Waals surface area contributed by atoms with Crippen molar-refractivity contribution in [2.45, 2.75) is 26.7 Å². The van der Waals surface area contributed by atoms with Crippen LogP contribution in [-0.4, -0.2) is 23.3 Å². The van der Waals surface area contributed by atoms with Gasteiger partial charge < -0.3 is 15.6 Å². The fraction of sp³-hybridized carbons (Fsp3) is 0.238. The predicted molar refractivity (Wildman–Crippen MR) is 105 cm³/mol. The van der Waals surface area contributed by atoms with E-state index in [1.54, 1.807) is 6.07 Å². The number of benzene rings is 2. The monoisotopic (exact) mass is 349 g/mol. The fourth-order valence-corrected chi connectivity index (χ4v) is 2.88. The number of unbranched alkanes of at least 4 members (excludes halogenated alkanes) is 1. The first-order chi connectivity index (χ1) is 12.6. The Morgan fingerprint density at radius 1 is 1.04 bits per heavy atom. The van der Waals surface area contributed by atoms with Gasteiger partial charge in [0.1, 0.15) is 5.69 Å². The lowest BCUT2D eigenvalue weighted by atomic mass is 10.1. The normalized spacial score (nSPS) is 10.7. The molecule has 1 heterocycles. The molecule has 5 nitrogen and oxygen atoms in total. The minimum Gasteiger partial charge on any atom is -0.351 e. The van der Waals surface area contributed by atoms with Gasteiger partial charge in [-0.2, -0.15) is 0 Å². The summed E-state index contributed by atoms with van der Waals surface area (Å²) in [5.74, 6) is -0.449. The van der Waals surface area contributed by atoms with Crippen LogP contribution in [0.3, 0.4) is 0 Å². The molecule has 0 aliphatic rings. The number of aromatic nitrogens is 1. The molecule has 0 aliphatic carbocycles. The van der Waals surface area contributed by atoms with Crippen LogP contribution in [0.25, 0.3) is 10.9 Å². The number of para-hydroxylation sites is 1. The Kier molecular flexibility index (Phi) is 5.37. The van der Waals surface area contributed by atoms with Crippen LogP contribution in [0.4, 0.5) is 5.69 Å². The summed E-state index contributed by atoms with van der Waals surface area (Å²) < 4.78 is 0. The smallest absolute Gasteiger partial charge is 0.269 e. The zero-order valence-corrected chi connectivity index (χ0v) is 15.1. The number of fused-ring (bicyclic) bond motifs is 1. The van der Waals surface area contributed by atoms with Crippen molar-refractivity contribution in [1.82, 2.24) is 10.3 Å². The summed E-state index contributed by atoms with van der Waals surface area (Å²) in [5, 5.41) is 6.63. The predicted octanol–water partition coefficient (Wildman–Crippen LogP) is 4.26. The molecule has 26 heavy (non-hydrogen) atoms. The van der Waals surface area contributed by atoms with E-state index in [0.717, 1.165) is 29.3 Å². The number of H-pyrrole nitrogens is 1. The van der Waals surface area contributed by atoms with Crippen LogP contribution in [0.2, 0.25) is 0 Å². The molecule has 0 radical (unpaired) electrons. The number of carbonyl (C=O) groups excluding carboxylic acids is 2. The maximum atomic E-state index is 12.7. The largest absolute Gasteiger partial charge is 0.351 e. The van der Waals surface area contributed by atoms with Gasteiger partial charge >= 0.3 is 0 Å². The second-order valence-electron chi connectivity index (χ2n) is 6.35. The zero-order chi connectivity index (χ0) is 18.5. The Balaban J connectivity index is 1.94. The highest BCUT2D eigenvalue weighted by atomic mass is 16.2. The summed E-state index contributed by atoms with van der Waals surface area (Å²) in [7, 11) is 0. The standard InChI is InChI=1S/C21H23N3O2/c1-3-4-12-22-21(26)19-18(16-10-5-6-11-17(16)23-19)24-20(25)15-9-7-8-14(2)13-15/h5-11,13,23H,3-4,12H2,1-2H3,(H,22,26)(H,24,25). The molecular weight excluding hydrogens is 326 g/mol. The van der Waals surface area contributed by atoms with Gasteiger partial charge in [-0.15, -0.1) is 0 Å². The van der Waals surface area contributed by atoms with Crippen molar-refractivity contribution in [3.8, 4) is 0 Å². The topological polar surface area (TPSA) is 74.0 Å². The second-order valence-corrected chi connectivity index (χ2v) is 6.35. The van der Waals surface area contributed by atoms with Crippen molar-refractivity contribution < 1.29 is 9.59 Å². The molecule has 3 N–H and O–H groups in total. The Labute approximate surface area is 152 Å². The quantitative estimate of drug-likeness (QED) is 0.582. The van der Waals surface area contributed by atoms with Gasteiger partial charge in [0.25, 0.3) is 11.8 Å². The molecule has 0 aliphatic heterocycles. The van der Waals surface area contributed by atoms with E-state index in [2.05, 4.69) is 22.5 Å². The molecule has 0 spiro atoms. The molecule has 134 valence electrons. The molecule has 0 atom stereocenters. The van der Waals surface area contributed by atoms with E-state index in [0.29, 0.717) is 23.5 Å². The lowest BCUT2D eigenvalue weighted by Crippen LogP contribution is -2.26. The Bertz CT molecular complexity index is 943. The first-order valence-electron chi connectivity index (χ1n) is 8.87. The lowest BCUT2D eigenvalue weighted by molar-refractivity contribution is 0.0950. The minimum absolute atomic E-state index is 0.214. The molecular formula is C21H23N3O2. The van der Waals surface area contributed by atoms with Gasteiger partial charge in [0.05, 0.1) is 5.69 Å². The average Bonchev–Trinajstić information content (AvgIpc) is 3.00. The molecule has 2 amide bonds. The molecule has 3 aromatic rings. The number of carbonyl (C=O) groups is 2. The van der Waals surface area contributed by atoms with Gasteiger partial charge in [-0.1, -0.05) is 49.2 Å². The molecule has 0 saturated carbocycles. The summed E-state index contributed by atoms with van der Waals surface area (Å²) in [5.41, 5.74) is 3.28. The minimum atomic E-state index is -0.235. The Morgan fingerprint density at radius 2 is 1.85 bits per heavy atom. The second kappa shape index (κ2) is 7.87. The number of amides is 2. The van der Waals surface area contributed by atoms with Crippen LogP contribution >= 0.6 is 0 Å². The maximum absolute atomic E-state index is 12.7. The summed E-state index contributed by atoms with van der Waals surface area (Å²) >= 11 is 0. The van der Waals surface area contributed by atoms with Crippen molar-refractivity contribution >= 4 is 28.4 Å². The lowest BCUT2D eigenvalue weighted by Gasteiger charge is -2.09. The highest BCUT2D eigenvalue weighted by Gasteiger charge is 2.19. The number of nitrogens with one attached hydrogen (secondary N) is 3. The van der Waals surface area contributed by atoms with Crippen molar-refractivity contribution in [3.63, 3.8) is 0 Å². The number of hydrogen-bond donors (Lipinski definition) is 3. The van der Waals surface area contributed by atoms with Crippen LogP contribution in [-0.2, 0) is 0 Å². The molecule has 0 unspecified atom stereocenters. The summed E-state index contributed by atoms with van der Waals surface area (Å²) in [6, 6.07) is 14.9. The third kappa shape index (κ3) is 3.77. The molecule has 2 aromatic carbocycles. The first-order valence-corrected chi connectivity index (χ1v) is 8.87. The van der Waals surface area contributed by atoms with Crippen molar-refractivity contribution in [2.24, 2.45) is 0 Å². The number of hydrogen-bond acceptors (Lipinski definition) is 2. The van der Waals surface area contributed by atoms with E-state index in [9.17, 15) is 9.59 Å². The summed E-state index contributed by atoms with van der Waals surface area (Å²) in [4.78, 5) is 28.4. The molecule has 0 saturated heterocycles. The maximum Gasteiger partial charge on any atom is 0.269 e. The van der Waals surface area contributed by atoms with E-state index >= 15 is 0 Å². The van der Waals surface area contributed by atoms with E-state index < -0.39 is 0 Å². The van der Waals surface area contributed by atoms with Gasteiger partial charge in [0.2, 0.25) is 0 Å². The number of anilines is 1. The third-order valence-corrected chi connectivity index (χ3v) is 4.27. The highest BCUT2D eigenvalue weighted by Crippen LogP contribution is 2.28. The van der Waals surface area contributed by atoms with Crippen molar-refractivity contribution in [1.29, 1.82) is 0 Å². The van der Waals surface area contributed by atoms with Crippen molar-refractivity contribution in [2.75, 3.05) is 11.9 Å². The summed E-state index contributed by atoms with van der Waals surface area (Å²) in [6.07, 6.45) is 1.92. The summed E-state index contributed by atoms with van der Waals surface area (Å²) in [6.45, 7) is 4.62. The van der Waals surface area contributed by atoms with Crippen LogP contribution in [0.1, 0.15) is 46.2 Å². The SMILES string of the molecule is CCCCNC(=O)c1[nH]c2ccccc2c1NC(=O)c1cccc(C)c1. The number of rotatable bonds is 6. The highest BCUT2D eigenvalue weighted by molar-refractivity contribution is 6.15. The first kappa shape index (κ1) is 17.7. The van der Waals surface area contributed by atoms with Gasteiger partial charge in [-0.3, -0.25) is 9.59 Å². The van der Waals surface area contributed by atoms with Gasteiger partial charge in [0.15, 0.2) is 0 Å². The Hall–Kier alpha value is -3.08. The molecule has 3 rings (SSSR count). The van der Waals surface area contributed by atoms with E-state index in [1.807, 2.05) is 49.4 Å². The molecule has 0 fully saturated rings. The van der Waals surface area contributed by atoms with E-state index in [4.69, 9.17) is 0 Å². The zero-order valence-electron chi connectivity index (χ0n) is 15.1. The molecule has 1 aromatic heterocycles. The fourth-order valence-electron chi connectivity index (χ4n) is 2.88. The van der Waals surface area contributed by atoms with Crippen LogP contribution in [0, 0.1) is 6.92 Å². The molecule has 5 heteroatoms. The van der Waals surface area contributed by atoms with Gasteiger partial charge in [-0.25, -0.2) is 0 Å².